The van der Waals surface area contributed by atoms with E-state index in [0.29, 0.717) is 31.6 Å². The molecule has 2 N–H and O–H groups in total. The molecule has 1 amide bonds. The van der Waals surface area contributed by atoms with E-state index in [1.165, 1.54) is 35.2 Å². The molecule has 0 bridgehead atoms. The average molecular weight is 358 g/mol. The standard InChI is InChI=1S/C14H22N4O5S/c1-14(2,13(20)21)18-9-11(8-15-18)16-12(19)10-4-6-17(7-5-10)24(3,22)23/h8-10H,4-7H2,1-3H3,(H,16,19)(H,20,21). The third-order valence-corrected chi connectivity index (χ3v) is 5.54. The molecule has 1 fully saturated rings. The minimum atomic E-state index is -3.22. The number of amides is 1. The van der Waals surface area contributed by atoms with E-state index in [4.69, 9.17) is 0 Å². The van der Waals surface area contributed by atoms with E-state index in [-0.39, 0.29) is 11.8 Å². The van der Waals surface area contributed by atoms with Crippen LogP contribution < -0.4 is 5.32 Å². The maximum absolute atomic E-state index is 12.3. The Bertz CT molecular complexity index is 732. The van der Waals surface area contributed by atoms with Gasteiger partial charge in [0.1, 0.15) is 0 Å². The Kier molecular flexibility index (Phi) is 5.00. The molecule has 0 aromatic carbocycles. The van der Waals surface area contributed by atoms with Gasteiger partial charge in [0.2, 0.25) is 15.9 Å². The Morgan fingerprint density at radius 3 is 2.42 bits per heavy atom. The highest BCUT2D eigenvalue weighted by Gasteiger charge is 2.31. The predicted octanol–water partition coefficient (Wildman–Crippen LogP) is 0.313. The first-order valence-corrected chi connectivity index (χ1v) is 9.41. The van der Waals surface area contributed by atoms with E-state index in [9.17, 15) is 23.1 Å². The minimum absolute atomic E-state index is 0.212. The van der Waals surface area contributed by atoms with Crippen molar-refractivity contribution < 1.29 is 23.1 Å². The van der Waals surface area contributed by atoms with Gasteiger partial charge in [0.05, 0.1) is 18.1 Å². The largest absolute Gasteiger partial charge is 0.479 e. The highest BCUT2D eigenvalue weighted by Crippen LogP contribution is 2.22. The van der Waals surface area contributed by atoms with Crippen LogP contribution in [0, 0.1) is 5.92 Å². The van der Waals surface area contributed by atoms with Gasteiger partial charge < -0.3 is 10.4 Å². The molecule has 0 saturated carbocycles. The summed E-state index contributed by atoms with van der Waals surface area (Å²) in [5, 5.41) is 15.9. The van der Waals surface area contributed by atoms with E-state index in [2.05, 4.69) is 10.4 Å². The number of hydrogen-bond donors (Lipinski definition) is 2. The molecule has 24 heavy (non-hydrogen) atoms. The Labute approximate surface area is 140 Å². The van der Waals surface area contributed by atoms with Crippen molar-refractivity contribution in [2.45, 2.75) is 32.2 Å². The van der Waals surface area contributed by atoms with Gasteiger partial charge in [0.25, 0.3) is 0 Å². The smallest absolute Gasteiger partial charge is 0.331 e. The summed E-state index contributed by atoms with van der Waals surface area (Å²) in [5.41, 5.74) is -0.802. The van der Waals surface area contributed by atoms with Crippen molar-refractivity contribution in [2.75, 3.05) is 24.7 Å². The molecule has 1 aromatic rings. The molecule has 0 atom stereocenters. The molecule has 2 heterocycles. The lowest BCUT2D eigenvalue weighted by Gasteiger charge is -2.29. The van der Waals surface area contributed by atoms with Gasteiger partial charge in [0, 0.05) is 25.2 Å². The van der Waals surface area contributed by atoms with Gasteiger partial charge in [-0.15, -0.1) is 0 Å². The fourth-order valence-corrected chi connectivity index (χ4v) is 3.36. The zero-order chi connectivity index (χ0) is 18.1. The summed E-state index contributed by atoms with van der Waals surface area (Å²) in [7, 11) is -3.22. The molecule has 0 unspecified atom stereocenters. The number of sulfonamides is 1. The van der Waals surface area contributed by atoms with E-state index < -0.39 is 21.5 Å². The van der Waals surface area contributed by atoms with Crippen molar-refractivity contribution in [1.29, 1.82) is 0 Å². The molecular formula is C14H22N4O5S. The van der Waals surface area contributed by atoms with Gasteiger partial charge in [-0.2, -0.15) is 5.10 Å². The molecule has 1 saturated heterocycles. The number of carbonyl (C=O) groups excluding carboxylic acids is 1. The fourth-order valence-electron chi connectivity index (χ4n) is 2.49. The van der Waals surface area contributed by atoms with Crippen molar-refractivity contribution in [1.82, 2.24) is 14.1 Å². The summed E-state index contributed by atoms with van der Waals surface area (Å²) in [5.74, 6) is -1.52. The number of nitrogens with one attached hydrogen (secondary N) is 1. The van der Waals surface area contributed by atoms with E-state index in [0.717, 1.165) is 6.26 Å². The second-order valence-electron chi connectivity index (χ2n) is 6.46. The predicted molar refractivity (Wildman–Crippen MR) is 87.0 cm³/mol. The molecule has 10 heteroatoms. The molecule has 1 aromatic heterocycles. The molecule has 0 aliphatic carbocycles. The number of rotatable bonds is 5. The van der Waals surface area contributed by atoms with E-state index in [1.54, 1.807) is 0 Å². The van der Waals surface area contributed by atoms with Crippen LogP contribution in [-0.2, 0) is 25.2 Å². The number of nitrogens with zero attached hydrogens (tertiary/aromatic N) is 3. The van der Waals surface area contributed by atoms with E-state index >= 15 is 0 Å². The summed E-state index contributed by atoms with van der Waals surface area (Å²) in [6.07, 6.45) is 4.93. The van der Waals surface area contributed by atoms with E-state index in [1.807, 2.05) is 0 Å². The Balaban J connectivity index is 1.97. The van der Waals surface area contributed by atoms with Crippen LogP contribution in [0.25, 0.3) is 0 Å². The van der Waals surface area contributed by atoms with Crippen molar-refractivity contribution in [3.8, 4) is 0 Å². The number of carboxylic acid groups (broad SMARTS) is 1. The highest BCUT2D eigenvalue weighted by atomic mass is 32.2. The fraction of sp³-hybridized carbons (Fsp3) is 0.643. The monoisotopic (exact) mass is 358 g/mol. The first kappa shape index (κ1) is 18.4. The molecule has 2 rings (SSSR count). The SMILES string of the molecule is CC(C)(C(=O)O)n1cc(NC(=O)C2CCN(S(C)(=O)=O)CC2)cn1. The number of carboxylic acids is 1. The first-order chi connectivity index (χ1) is 11.0. The summed E-state index contributed by atoms with van der Waals surface area (Å²) in [6, 6.07) is 0. The lowest BCUT2D eigenvalue weighted by Crippen LogP contribution is -2.40. The van der Waals surface area contributed by atoms with Crippen LogP contribution in [0.5, 0.6) is 0 Å². The summed E-state index contributed by atoms with van der Waals surface area (Å²) in [4.78, 5) is 23.5. The van der Waals surface area contributed by atoms with Crippen LogP contribution in [-0.4, -0.2) is 58.8 Å². The van der Waals surface area contributed by atoms with Crippen molar-refractivity contribution >= 4 is 27.6 Å². The molecule has 9 nitrogen and oxygen atoms in total. The number of aliphatic carboxylic acids is 1. The lowest BCUT2D eigenvalue weighted by molar-refractivity contribution is -0.146. The number of aromatic nitrogens is 2. The molecule has 0 spiro atoms. The number of hydrogen-bond acceptors (Lipinski definition) is 5. The van der Waals surface area contributed by atoms with Gasteiger partial charge in [0.15, 0.2) is 5.54 Å². The Morgan fingerprint density at radius 2 is 1.92 bits per heavy atom. The summed E-state index contributed by atoms with van der Waals surface area (Å²) < 4.78 is 25.6. The van der Waals surface area contributed by atoms with Gasteiger partial charge in [-0.25, -0.2) is 17.5 Å². The Morgan fingerprint density at radius 1 is 1.33 bits per heavy atom. The quantitative estimate of drug-likeness (QED) is 0.781. The average Bonchev–Trinajstić information content (AvgIpc) is 2.95. The second-order valence-corrected chi connectivity index (χ2v) is 8.45. The van der Waals surface area contributed by atoms with Gasteiger partial charge in [-0.05, 0) is 26.7 Å². The summed E-state index contributed by atoms with van der Waals surface area (Å²) in [6.45, 7) is 3.66. The number of carbonyl (C=O) groups is 2. The molecule has 1 aliphatic rings. The van der Waals surface area contributed by atoms with Gasteiger partial charge in [-0.1, -0.05) is 0 Å². The van der Waals surface area contributed by atoms with Crippen LogP contribution in [0.1, 0.15) is 26.7 Å². The second kappa shape index (κ2) is 6.52. The third kappa shape index (κ3) is 3.93. The highest BCUT2D eigenvalue weighted by molar-refractivity contribution is 7.88. The maximum Gasteiger partial charge on any atom is 0.331 e. The maximum atomic E-state index is 12.3. The van der Waals surface area contributed by atoms with Gasteiger partial charge >= 0.3 is 5.97 Å². The van der Waals surface area contributed by atoms with Crippen molar-refractivity contribution in [3.05, 3.63) is 12.4 Å². The molecular weight excluding hydrogens is 336 g/mol. The van der Waals surface area contributed by atoms with Crippen molar-refractivity contribution in [2.24, 2.45) is 5.92 Å². The number of anilines is 1. The zero-order valence-electron chi connectivity index (χ0n) is 13.9. The van der Waals surface area contributed by atoms with Crippen LogP contribution in [0.15, 0.2) is 12.4 Å². The third-order valence-electron chi connectivity index (χ3n) is 4.24. The van der Waals surface area contributed by atoms with Crippen LogP contribution in [0.4, 0.5) is 5.69 Å². The van der Waals surface area contributed by atoms with Crippen molar-refractivity contribution in [3.63, 3.8) is 0 Å². The zero-order valence-corrected chi connectivity index (χ0v) is 14.7. The minimum Gasteiger partial charge on any atom is -0.479 e. The lowest BCUT2D eigenvalue weighted by atomic mass is 9.97. The molecule has 1 aliphatic heterocycles. The van der Waals surface area contributed by atoms with Crippen LogP contribution in [0.3, 0.4) is 0 Å². The Hall–Kier alpha value is -1.94. The van der Waals surface area contributed by atoms with Crippen LogP contribution >= 0.6 is 0 Å². The van der Waals surface area contributed by atoms with Gasteiger partial charge in [-0.3, -0.25) is 9.48 Å². The molecule has 134 valence electrons. The first-order valence-electron chi connectivity index (χ1n) is 7.56. The summed E-state index contributed by atoms with van der Waals surface area (Å²) >= 11 is 0. The van der Waals surface area contributed by atoms with Crippen LogP contribution in [0.2, 0.25) is 0 Å². The normalized spacial score (nSPS) is 17.6. The number of piperidine rings is 1. The molecule has 0 radical (unpaired) electrons. The topological polar surface area (TPSA) is 122 Å².